The van der Waals surface area contributed by atoms with Crippen molar-refractivity contribution >= 4 is 29.9 Å². The summed E-state index contributed by atoms with van der Waals surface area (Å²) in [4.78, 5) is 6.77. The second kappa shape index (κ2) is 10.7. The lowest BCUT2D eigenvalue weighted by Gasteiger charge is -2.21. The molecule has 0 bridgehead atoms. The van der Waals surface area contributed by atoms with Crippen LogP contribution in [0.25, 0.3) is 0 Å². The fourth-order valence-electron chi connectivity index (χ4n) is 2.70. The van der Waals surface area contributed by atoms with Crippen LogP contribution in [0, 0.1) is 0 Å². The molecule has 0 spiro atoms. The molecule has 2 rings (SSSR count). The van der Waals surface area contributed by atoms with E-state index in [4.69, 9.17) is 10.5 Å². The summed E-state index contributed by atoms with van der Waals surface area (Å²) in [6, 6.07) is 8.22. The number of aryl methyl sites for hydroxylation is 1. The minimum atomic E-state index is 0. The van der Waals surface area contributed by atoms with E-state index in [2.05, 4.69) is 22.0 Å². The largest absolute Gasteiger partial charge is 0.497 e. The van der Waals surface area contributed by atoms with E-state index in [1.807, 2.05) is 12.1 Å². The maximum absolute atomic E-state index is 6.10. The Morgan fingerprint density at radius 3 is 2.64 bits per heavy atom. The molecule has 0 aliphatic carbocycles. The second-order valence-electron chi connectivity index (χ2n) is 5.60. The highest BCUT2D eigenvalue weighted by molar-refractivity contribution is 14.0. The van der Waals surface area contributed by atoms with Gasteiger partial charge in [0, 0.05) is 19.6 Å². The number of likely N-dealkylation sites (tertiary alicyclic amines) is 1. The summed E-state index contributed by atoms with van der Waals surface area (Å²) in [6.45, 7) is 2.91. The number of methoxy groups -OCH3 is 1. The van der Waals surface area contributed by atoms with E-state index in [-0.39, 0.29) is 24.0 Å². The maximum atomic E-state index is 6.10. The topological polar surface area (TPSA) is 50.9 Å². The quantitative estimate of drug-likeness (QED) is 0.346. The van der Waals surface area contributed by atoms with Gasteiger partial charge in [-0.25, -0.2) is 0 Å². The molecule has 1 fully saturated rings. The first-order chi connectivity index (χ1) is 10.3. The molecule has 0 radical (unpaired) electrons. The number of guanidine groups is 1. The van der Waals surface area contributed by atoms with Crippen molar-refractivity contribution in [2.75, 3.05) is 26.7 Å². The lowest BCUT2D eigenvalue weighted by Crippen LogP contribution is -2.38. The first kappa shape index (κ1) is 19.1. The molecule has 22 heavy (non-hydrogen) atoms. The minimum absolute atomic E-state index is 0. The number of hydrogen-bond acceptors (Lipinski definition) is 2. The first-order valence-electron chi connectivity index (χ1n) is 7.97. The van der Waals surface area contributed by atoms with Gasteiger partial charge in [0.1, 0.15) is 5.75 Å². The number of halogens is 1. The molecule has 1 aliphatic rings. The van der Waals surface area contributed by atoms with E-state index in [1.54, 1.807) is 7.11 Å². The molecule has 1 aliphatic heterocycles. The van der Waals surface area contributed by atoms with Crippen LogP contribution in [0.15, 0.2) is 29.3 Å². The van der Waals surface area contributed by atoms with Gasteiger partial charge in [-0.15, -0.1) is 24.0 Å². The number of aliphatic imine (C=N–C) groups is 1. The Bertz CT molecular complexity index is 457. The second-order valence-corrected chi connectivity index (χ2v) is 5.60. The highest BCUT2D eigenvalue weighted by atomic mass is 127. The number of nitrogens with two attached hydrogens (primary N) is 1. The summed E-state index contributed by atoms with van der Waals surface area (Å²) in [5, 5.41) is 0. The Kier molecular flexibility index (Phi) is 9.27. The third kappa shape index (κ3) is 6.42. The Hall–Kier alpha value is -0.980. The molecule has 2 N–H and O–H groups in total. The molecule has 0 saturated carbocycles. The van der Waals surface area contributed by atoms with Gasteiger partial charge in [-0.1, -0.05) is 25.0 Å². The van der Waals surface area contributed by atoms with Crippen molar-refractivity contribution in [1.29, 1.82) is 0 Å². The van der Waals surface area contributed by atoms with Crippen LogP contribution in [0.3, 0.4) is 0 Å². The molecule has 0 unspecified atom stereocenters. The monoisotopic (exact) mass is 417 g/mol. The summed E-state index contributed by atoms with van der Waals surface area (Å²) >= 11 is 0. The van der Waals surface area contributed by atoms with Crippen LogP contribution in [-0.2, 0) is 6.42 Å². The number of nitrogens with zero attached hydrogens (tertiary/aromatic N) is 2. The summed E-state index contributed by atoms with van der Waals surface area (Å²) in [5.74, 6) is 1.64. The van der Waals surface area contributed by atoms with Gasteiger partial charge in [0.25, 0.3) is 0 Å². The Morgan fingerprint density at radius 1 is 1.23 bits per heavy atom. The van der Waals surface area contributed by atoms with Crippen LogP contribution < -0.4 is 10.5 Å². The van der Waals surface area contributed by atoms with E-state index >= 15 is 0 Å². The molecular weight excluding hydrogens is 389 g/mol. The van der Waals surface area contributed by atoms with Gasteiger partial charge in [0.05, 0.1) is 7.11 Å². The van der Waals surface area contributed by atoms with E-state index in [0.29, 0.717) is 0 Å². The Morgan fingerprint density at radius 2 is 1.95 bits per heavy atom. The van der Waals surface area contributed by atoms with Crippen LogP contribution in [-0.4, -0.2) is 37.6 Å². The van der Waals surface area contributed by atoms with Crippen molar-refractivity contribution in [3.05, 3.63) is 29.8 Å². The Labute approximate surface area is 151 Å². The normalized spacial score (nSPS) is 15.9. The van der Waals surface area contributed by atoms with E-state index in [9.17, 15) is 0 Å². The molecule has 0 atom stereocenters. The van der Waals surface area contributed by atoms with Crippen LogP contribution in [0.5, 0.6) is 5.75 Å². The summed E-state index contributed by atoms with van der Waals surface area (Å²) in [6.07, 6.45) is 7.13. The summed E-state index contributed by atoms with van der Waals surface area (Å²) < 4.78 is 5.24. The average Bonchev–Trinajstić information content (AvgIpc) is 2.81. The zero-order valence-electron chi connectivity index (χ0n) is 13.5. The molecule has 4 nitrogen and oxygen atoms in total. The van der Waals surface area contributed by atoms with E-state index in [0.717, 1.165) is 44.2 Å². The number of hydrogen-bond donors (Lipinski definition) is 1. The third-order valence-electron chi connectivity index (χ3n) is 3.96. The van der Waals surface area contributed by atoms with Crippen molar-refractivity contribution in [2.24, 2.45) is 10.7 Å². The smallest absolute Gasteiger partial charge is 0.191 e. The summed E-state index contributed by atoms with van der Waals surface area (Å²) in [5.41, 5.74) is 7.39. The van der Waals surface area contributed by atoms with Crippen molar-refractivity contribution in [3.8, 4) is 5.75 Å². The standard InChI is InChI=1S/C17H27N3O.HI/c1-21-16-10-6-8-15(14-16)9-7-11-19-17(18)20-12-4-2-3-5-13-20;/h6,8,10,14H,2-5,7,9,11-13H2,1H3,(H2,18,19);1H. The SMILES string of the molecule is COc1cccc(CCCN=C(N)N2CCCCCC2)c1.I. The zero-order chi connectivity index (χ0) is 14.9. The fraction of sp³-hybridized carbons (Fsp3) is 0.588. The van der Waals surface area contributed by atoms with E-state index in [1.165, 1.54) is 31.2 Å². The third-order valence-corrected chi connectivity index (χ3v) is 3.96. The number of benzene rings is 1. The fourth-order valence-corrected chi connectivity index (χ4v) is 2.70. The predicted octanol–water partition coefficient (Wildman–Crippen LogP) is 3.44. The molecule has 0 aromatic heterocycles. The van der Waals surface area contributed by atoms with Gasteiger partial charge in [0.15, 0.2) is 5.96 Å². The molecule has 1 aromatic carbocycles. The van der Waals surface area contributed by atoms with Crippen LogP contribution >= 0.6 is 24.0 Å². The maximum Gasteiger partial charge on any atom is 0.191 e. The van der Waals surface area contributed by atoms with Crippen LogP contribution in [0.4, 0.5) is 0 Å². The first-order valence-corrected chi connectivity index (χ1v) is 7.97. The highest BCUT2D eigenvalue weighted by Gasteiger charge is 2.10. The predicted molar refractivity (Wildman–Crippen MR) is 103 cm³/mol. The molecule has 0 amide bonds. The number of rotatable bonds is 5. The van der Waals surface area contributed by atoms with E-state index < -0.39 is 0 Å². The van der Waals surface area contributed by atoms with Gasteiger partial charge in [-0.3, -0.25) is 4.99 Å². The molecule has 5 heteroatoms. The van der Waals surface area contributed by atoms with Gasteiger partial charge >= 0.3 is 0 Å². The molecular formula is C17H28IN3O. The highest BCUT2D eigenvalue weighted by Crippen LogP contribution is 2.14. The van der Waals surface area contributed by atoms with Gasteiger partial charge < -0.3 is 15.4 Å². The summed E-state index contributed by atoms with van der Waals surface area (Å²) in [7, 11) is 1.70. The minimum Gasteiger partial charge on any atom is -0.497 e. The van der Waals surface area contributed by atoms with Gasteiger partial charge in [-0.2, -0.15) is 0 Å². The Balaban J connectivity index is 0.00000242. The number of ether oxygens (including phenoxy) is 1. The average molecular weight is 417 g/mol. The van der Waals surface area contributed by atoms with Crippen molar-refractivity contribution in [2.45, 2.75) is 38.5 Å². The zero-order valence-corrected chi connectivity index (χ0v) is 15.8. The molecule has 1 saturated heterocycles. The van der Waals surface area contributed by atoms with Crippen molar-refractivity contribution in [3.63, 3.8) is 0 Å². The lowest BCUT2D eigenvalue weighted by atomic mass is 10.1. The van der Waals surface area contributed by atoms with Crippen LogP contribution in [0.1, 0.15) is 37.7 Å². The molecule has 1 heterocycles. The molecule has 1 aromatic rings. The van der Waals surface area contributed by atoms with Gasteiger partial charge in [0.2, 0.25) is 0 Å². The van der Waals surface area contributed by atoms with Crippen molar-refractivity contribution in [1.82, 2.24) is 4.90 Å². The van der Waals surface area contributed by atoms with Crippen molar-refractivity contribution < 1.29 is 4.74 Å². The van der Waals surface area contributed by atoms with Gasteiger partial charge in [-0.05, 0) is 43.4 Å². The lowest BCUT2D eigenvalue weighted by molar-refractivity contribution is 0.414. The molecule has 124 valence electrons. The van der Waals surface area contributed by atoms with Crippen LogP contribution in [0.2, 0.25) is 0 Å².